The first kappa shape index (κ1) is 12.3. The summed E-state index contributed by atoms with van der Waals surface area (Å²) >= 11 is 0. The van der Waals surface area contributed by atoms with Gasteiger partial charge in [0.25, 0.3) is 0 Å². The SMILES string of the molecule is Cc1cnc(C(O)c2ccc(C3CCC3)cc2)cn1. The Morgan fingerprint density at radius 1 is 1.11 bits per heavy atom. The standard InChI is InChI=1S/C16H18N2O/c1-11-9-18-15(10-17-11)16(19)14-7-5-13(6-8-14)12-3-2-4-12/h5-10,12,16,19H,2-4H2,1H3. The maximum atomic E-state index is 10.3. The lowest BCUT2D eigenvalue weighted by atomic mass is 9.80. The molecule has 19 heavy (non-hydrogen) atoms. The van der Waals surface area contributed by atoms with Crippen LogP contribution in [0.15, 0.2) is 36.7 Å². The van der Waals surface area contributed by atoms with Gasteiger partial charge in [0.15, 0.2) is 0 Å². The second kappa shape index (κ2) is 5.10. The number of nitrogens with zero attached hydrogens (tertiary/aromatic N) is 2. The van der Waals surface area contributed by atoms with E-state index in [9.17, 15) is 5.11 Å². The molecule has 3 heteroatoms. The molecule has 1 saturated carbocycles. The molecule has 1 heterocycles. The Hall–Kier alpha value is -1.74. The van der Waals surface area contributed by atoms with Gasteiger partial charge in [-0.05, 0) is 36.8 Å². The van der Waals surface area contributed by atoms with Crippen molar-refractivity contribution in [2.45, 2.75) is 38.2 Å². The van der Waals surface area contributed by atoms with E-state index in [0.717, 1.165) is 17.2 Å². The summed E-state index contributed by atoms with van der Waals surface area (Å²) in [6.07, 6.45) is 6.56. The monoisotopic (exact) mass is 254 g/mol. The van der Waals surface area contributed by atoms with Gasteiger partial charge in [0, 0.05) is 6.20 Å². The molecule has 0 bridgehead atoms. The average Bonchev–Trinajstić information content (AvgIpc) is 2.38. The zero-order valence-corrected chi connectivity index (χ0v) is 11.1. The summed E-state index contributed by atoms with van der Waals surface area (Å²) in [5.74, 6) is 0.727. The quantitative estimate of drug-likeness (QED) is 0.915. The van der Waals surface area contributed by atoms with Crippen LogP contribution in [0.4, 0.5) is 0 Å². The van der Waals surface area contributed by atoms with E-state index in [1.165, 1.54) is 24.8 Å². The number of benzene rings is 1. The molecule has 3 rings (SSSR count). The van der Waals surface area contributed by atoms with E-state index >= 15 is 0 Å². The Morgan fingerprint density at radius 3 is 2.37 bits per heavy atom. The number of aromatic nitrogens is 2. The highest BCUT2D eigenvalue weighted by molar-refractivity contribution is 5.30. The number of aryl methyl sites for hydroxylation is 1. The lowest BCUT2D eigenvalue weighted by Crippen LogP contribution is -2.09. The van der Waals surface area contributed by atoms with Crippen LogP contribution in [-0.2, 0) is 0 Å². The third-order valence-corrected chi connectivity index (χ3v) is 3.91. The Labute approximate surface area is 113 Å². The number of aliphatic hydroxyl groups is 1. The summed E-state index contributed by atoms with van der Waals surface area (Å²) in [5.41, 5.74) is 3.72. The van der Waals surface area contributed by atoms with E-state index in [2.05, 4.69) is 22.1 Å². The minimum atomic E-state index is -0.691. The number of hydrogen-bond donors (Lipinski definition) is 1. The highest BCUT2D eigenvalue weighted by Gasteiger charge is 2.20. The van der Waals surface area contributed by atoms with Gasteiger partial charge in [-0.2, -0.15) is 0 Å². The van der Waals surface area contributed by atoms with Crippen LogP contribution in [0.2, 0.25) is 0 Å². The van der Waals surface area contributed by atoms with Gasteiger partial charge in [0.05, 0.1) is 17.6 Å². The minimum absolute atomic E-state index is 0.599. The summed E-state index contributed by atoms with van der Waals surface area (Å²) in [5, 5.41) is 10.3. The first-order valence-corrected chi connectivity index (χ1v) is 6.80. The molecular formula is C16H18N2O. The molecular weight excluding hydrogens is 236 g/mol. The molecule has 1 N–H and O–H groups in total. The Morgan fingerprint density at radius 2 is 1.84 bits per heavy atom. The van der Waals surface area contributed by atoms with Crippen molar-refractivity contribution < 1.29 is 5.11 Å². The highest BCUT2D eigenvalue weighted by atomic mass is 16.3. The van der Waals surface area contributed by atoms with E-state index in [4.69, 9.17) is 0 Å². The molecule has 1 atom stereocenters. The molecule has 1 aliphatic rings. The predicted molar refractivity (Wildman–Crippen MR) is 73.9 cm³/mol. The lowest BCUT2D eigenvalue weighted by Gasteiger charge is -2.26. The molecule has 3 nitrogen and oxygen atoms in total. The second-order valence-electron chi connectivity index (χ2n) is 5.28. The summed E-state index contributed by atoms with van der Waals surface area (Å²) < 4.78 is 0. The molecule has 1 aromatic carbocycles. The molecule has 1 aromatic heterocycles. The van der Waals surface area contributed by atoms with Gasteiger partial charge in [-0.15, -0.1) is 0 Å². The molecule has 0 amide bonds. The van der Waals surface area contributed by atoms with Crippen molar-refractivity contribution in [2.75, 3.05) is 0 Å². The number of hydrogen-bond acceptors (Lipinski definition) is 3. The molecule has 98 valence electrons. The van der Waals surface area contributed by atoms with Gasteiger partial charge in [-0.1, -0.05) is 30.7 Å². The van der Waals surface area contributed by atoms with Crippen LogP contribution in [0.1, 0.15) is 53.8 Å². The molecule has 0 spiro atoms. The van der Waals surface area contributed by atoms with Crippen LogP contribution >= 0.6 is 0 Å². The van der Waals surface area contributed by atoms with Gasteiger partial charge >= 0.3 is 0 Å². The maximum absolute atomic E-state index is 10.3. The van der Waals surface area contributed by atoms with Crippen molar-refractivity contribution in [1.82, 2.24) is 9.97 Å². The first-order chi connectivity index (χ1) is 9.24. The molecule has 2 aromatic rings. The van der Waals surface area contributed by atoms with Crippen LogP contribution in [0.3, 0.4) is 0 Å². The maximum Gasteiger partial charge on any atom is 0.123 e. The van der Waals surface area contributed by atoms with Crippen molar-refractivity contribution in [3.8, 4) is 0 Å². The third kappa shape index (κ3) is 2.51. The Balaban J connectivity index is 1.79. The summed E-state index contributed by atoms with van der Waals surface area (Å²) in [4.78, 5) is 8.40. The fraction of sp³-hybridized carbons (Fsp3) is 0.375. The molecule has 1 aliphatic carbocycles. The number of aliphatic hydroxyl groups excluding tert-OH is 1. The van der Waals surface area contributed by atoms with Crippen LogP contribution in [0.5, 0.6) is 0 Å². The normalized spacial score (nSPS) is 16.9. The van der Waals surface area contributed by atoms with Crippen molar-refractivity contribution in [2.24, 2.45) is 0 Å². The van der Waals surface area contributed by atoms with Crippen LogP contribution in [0, 0.1) is 6.92 Å². The Bertz CT molecular complexity index is 544. The number of rotatable bonds is 3. The third-order valence-electron chi connectivity index (χ3n) is 3.91. The van der Waals surface area contributed by atoms with Crippen molar-refractivity contribution in [3.05, 3.63) is 59.2 Å². The zero-order valence-electron chi connectivity index (χ0n) is 11.1. The summed E-state index contributed by atoms with van der Waals surface area (Å²) in [7, 11) is 0. The lowest BCUT2D eigenvalue weighted by molar-refractivity contribution is 0.214. The van der Waals surface area contributed by atoms with E-state index in [1.807, 2.05) is 19.1 Å². The molecule has 1 fully saturated rings. The van der Waals surface area contributed by atoms with Crippen molar-refractivity contribution in [3.63, 3.8) is 0 Å². The molecule has 0 aliphatic heterocycles. The second-order valence-corrected chi connectivity index (χ2v) is 5.28. The average molecular weight is 254 g/mol. The smallest absolute Gasteiger partial charge is 0.123 e. The predicted octanol–water partition coefficient (Wildman–Crippen LogP) is 3.13. The van der Waals surface area contributed by atoms with E-state index < -0.39 is 6.10 Å². The first-order valence-electron chi connectivity index (χ1n) is 6.80. The van der Waals surface area contributed by atoms with E-state index in [-0.39, 0.29) is 0 Å². The molecule has 1 unspecified atom stereocenters. The summed E-state index contributed by atoms with van der Waals surface area (Å²) in [6.45, 7) is 1.89. The van der Waals surface area contributed by atoms with Gasteiger partial charge in [0.1, 0.15) is 6.10 Å². The van der Waals surface area contributed by atoms with Crippen molar-refractivity contribution >= 4 is 0 Å². The van der Waals surface area contributed by atoms with Gasteiger partial charge < -0.3 is 5.11 Å². The zero-order chi connectivity index (χ0) is 13.2. The fourth-order valence-electron chi connectivity index (χ4n) is 2.41. The minimum Gasteiger partial charge on any atom is -0.382 e. The van der Waals surface area contributed by atoms with Crippen LogP contribution in [0.25, 0.3) is 0 Å². The molecule has 0 saturated heterocycles. The van der Waals surface area contributed by atoms with Crippen molar-refractivity contribution in [1.29, 1.82) is 0 Å². The highest BCUT2D eigenvalue weighted by Crippen LogP contribution is 2.36. The van der Waals surface area contributed by atoms with Gasteiger partial charge in [0.2, 0.25) is 0 Å². The summed E-state index contributed by atoms with van der Waals surface area (Å²) in [6, 6.07) is 8.26. The topological polar surface area (TPSA) is 46.0 Å². The Kier molecular flexibility index (Phi) is 3.30. The van der Waals surface area contributed by atoms with Crippen LogP contribution < -0.4 is 0 Å². The van der Waals surface area contributed by atoms with Crippen LogP contribution in [-0.4, -0.2) is 15.1 Å². The van der Waals surface area contributed by atoms with Gasteiger partial charge in [-0.3, -0.25) is 9.97 Å². The van der Waals surface area contributed by atoms with Gasteiger partial charge in [-0.25, -0.2) is 0 Å². The largest absolute Gasteiger partial charge is 0.382 e. The molecule has 0 radical (unpaired) electrons. The fourth-order valence-corrected chi connectivity index (χ4v) is 2.41. The van der Waals surface area contributed by atoms with E-state index in [0.29, 0.717) is 5.69 Å². The van der Waals surface area contributed by atoms with E-state index in [1.54, 1.807) is 12.4 Å².